The van der Waals surface area contributed by atoms with Gasteiger partial charge in [0.1, 0.15) is 16.9 Å². The third-order valence-electron chi connectivity index (χ3n) is 3.95. The number of para-hydroxylation sites is 1. The number of nitrogens with two attached hydrogens (primary N) is 1. The summed E-state index contributed by atoms with van der Waals surface area (Å²) >= 11 is 0. The molecule has 1 aliphatic heterocycles. The number of ether oxygens (including phenoxy) is 1. The number of hydrogen-bond donors (Lipinski definition) is 2. The second kappa shape index (κ2) is 5.09. The average Bonchev–Trinajstić information content (AvgIpc) is 2.36. The van der Waals surface area contributed by atoms with Gasteiger partial charge >= 0.3 is 0 Å². The highest BCUT2D eigenvalue weighted by Crippen LogP contribution is 2.43. The first-order chi connectivity index (χ1) is 9.31. The van der Waals surface area contributed by atoms with E-state index in [-0.39, 0.29) is 11.9 Å². The molecule has 4 heteroatoms. The van der Waals surface area contributed by atoms with Crippen LogP contribution in [0.5, 0.6) is 5.75 Å². The van der Waals surface area contributed by atoms with Crippen molar-refractivity contribution in [2.45, 2.75) is 57.7 Å². The number of carbonyl (C=O) groups excluding carboxylic acids is 1. The third-order valence-corrected chi connectivity index (χ3v) is 3.95. The summed E-state index contributed by atoms with van der Waals surface area (Å²) in [4.78, 5) is 12.3. The van der Waals surface area contributed by atoms with E-state index in [1.807, 2.05) is 38.1 Å². The number of rotatable bonds is 4. The maximum atomic E-state index is 12.3. The van der Waals surface area contributed by atoms with Gasteiger partial charge in [0.15, 0.2) is 0 Å². The van der Waals surface area contributed by atoms with Gasteiger partial charge in [-0.05, 0) is 33.3 Å². The highest BCUT2D eigenvalue weighted by atomic mass is 16.5. The molecule has 0 spiro atoms. The molecule has 20 heavy (non-hydrogen) atoms. The van der Waals surface area contributed by atoms with Gasteiger partial charge in [0.05, 0.1) is 0 Å². The van der Waals surface area contributed by atoms with Crippen LogP contribution in [0.1, 0.15) is 46.1 Å². The number of benzene rings is 1. The molecule has 0 saturated carbocycles. The Bertz CT molecular complexity index is 513. The summed E-state index contributed by atoms with van der Waals surface area (Å²) in [5.74, 6) is 0.389. The number of hydrogen-bond acceptors (Lipinski definition) is 3. The summed E-state index contributed by atoms with van der Waals surface area (Å²) < 4.78 is 5.99. The zero-order chi connectivity index (χ0) is 15.0. The van der Waals surface area contributed by atoms with Crippen LogP contribution in [0.4, 0.5) is 0 Å². The maximum Gasteiger partial charge on any atom is 0.242 e. The van der Waals surface area contributed by atoms with E-state index in [1.54, 1.807) is 0 Å². The molecule has 1 aromatic rings. The molecule has 1 aromatic carbocycles. The molecular formula is C16H24N2O2. The van der Waals surface area contributed by atoms with Crippen LogP contribution in [0, 0.1) is 0 Å². The van der Waals surface area contributed by atoms with Gasteiger partial charge in [-0.3, -0.25) is 10.1 Å². The van der Waals surface area contributed by atoms with Crippen LogP contribution in [0.2, 0.25) is 0 Å². The van der Waals surface area contributed by atoms with Gasteiger partial charge in [-0.25, -0.2) is 0 Å². The Morgan fingerprint density at radius 2 is 2.10 bits per heavy atom. The Labute approximate surface area is 120 Å². The molecule has 1 aliphatic rings. The molecule has 4 nitrogen and oxygen atoms in total. The van der Waals surface area contributed by atoms with Gasteiger partial charge in [0.25, 0.3) is 0 Å². The lowest BCUT2D eigenvalue weighted by atomic mass is 9.76. The van der Waals surface area contributed by atoms with E-state index in [9.17, 15) is 4.79 Å². The molecular weight excluding hydrogens is 252 g/mol. The molecule has 0 radical (unpaired) electrons. The monoisotopic (exact) mass is 276 g/mol. The number of carbonyl (C=O) groups is 1. The van der Waals surface area contributed by atoms with E-state index in [0.717, 1.165) is 17.7 Å². The topological polar surface area (TPSA) is 64.3 Å². The van der Waals surface area contributed by atoms with Gasteiger partial charge < -0.3 is 10.5 Å². The van der Waals surface area contributed by atoms with Crippen LogP contribution in [0.3, 0.4) is 0 Å². The van der Waals surface area contributed by atoms with Crippen molar-refractivity contribution in [3.8, 4) is 5.75 Å². The smallest absolute Gasteiger partial charge is 0.242 e. The molecule has 0 fully saturated rings. The highest BCUT2D eigenvalue weighted by Gasteiger charge is 2.49. The fourth-order valence-electron chi connectivity index (χ4n) is 2.92. The van der Waals surface area contributed by atoms with E-state index >= 15 is 0 Å². The second-order valence-corrected chi connectivity index (χ2v) is 6.26. The lowest BCUT2D eigenvalue weighted by Gasteiger charge is -2.45. The van der Waals surface area contributed by atoms with Crippen molar-refractivity contribution in [3.63, 3.8) is 0 Å². The summed E-state index contributed by atoms with van der Waals surface area (Å²) in [5.41, 5.74) is 5.32. The quantitative estimate of drug-likeness (QED) is 0.887. The van der Waals surface area contributed by atoms with Gasteiger partial charge in [0, 0.05) is 18.0 Å². The zero-order valence-corrected chi connectivity index (χ0v) is 12.7. The molecule has 1 heterocycles. The van der Waals surface area contributed by atoms with Crippen LogP contribution >= 0.6 is 0 Å². The van der Waals surface area contributed by atoms with Crippen LogP contribution in [0.25, 0.3) is 0 Å². The number of fused-ring (bicyclic) bond motifs is 1. The van der Waals surface area contributed by atoms with Crippen molar-refractivity contribution in [2.75, 3.05) is 0 Å². The van der Waals surface area contributed by atoms with E-state index in [1.165, 1.54) is 0 Å². The molecule has 0 aromatic heterocycles. The highest BCUT2D eigenvalue weighted by molar-refractivity contribution is 5.87. The van der Waals surface area contributed by atoms with E-state index in [4.69, 9.17) is 10.5 Å². The third kappa shape index (κ3) is 2.52. The van der Waals surface area contributed by atoms with Crippen molar-refractivity contribution in [2.24, 2.45) is 5.73 Å². The minimum atomic E-state index is -0.867. The molecule has 0 bridgehead atoms. The molecule has 2 rings (SSSR count). The van der Waals surface area contributed by atoms with E-state index < -0.39 is 11.1 Å². The molecule has 2 unspecified atom stereocenters. The van der Waals surface area contributed by atoms with Crippen molar-refractivity contribution in [1.29, 1.82) is 0 Å². The SMILES string of the molecule is CCC(C)NC1(C(N)=O)CC(C)(C)Oc2ccccc21. The largest absolute Gasteiger partial charge is 0.487 e. The van der Waals surface area contributed by atoms with Crippen molar-refractivity contribution < 1.29 is 9.53 Å². The fraction of sp³-hybridized carbons (Fsp3) is 0.562. The first-order valence-electron chi connectivity index (χ1n) is 7.17. The number of nitrogens with one attached hydrogen (secondary N) is 1. The van der Waals surface area contributed by atoms with Gasteiger partial charge in [-0.2, -0.15) is 0 Å². The van der Waals surface area contributed by atoms with Crippen LogP contribution in [-0.4, -0.2) is 17.6 Å². The summed E-state index contributed by atoms with van der Waals surface area (Å²) in [6.07, 6.45) is 1.45. The average molecular weight is 276 g/mol. The van der Waals surface area contributed by atoms with Gasteiger partial charge in [0.2, 0.25) is 5.91 Å². The maximum absolute atomic E-state index is 12.3. The standard InChI is InChI=1S/C16H24N2O2/c1-5-11(2)18-16(14(17)19)10-15(3,4)20-13-9-7-6-8-12(13)16/h6-9,11,18H,5,10H2,1-4H3,(H2,17,19). The summed E-state index contributed by atoms with van der Waals surface area (Å²) in [5, 5.41) is 3.44. The summed E-state index contributed by atoms with van der Waals surface area (Å²) in [6.45, 7) is 8.12. The Balaban J connectivity index is 2.57. The Kier molecular flexibility index (Phi) is 3.78. The molecule has 110 valence electrons. The predicted molar refractivity (Wildman–Crippen MR) is 79.5 cm³/mol. The van der Waals surface area contributed by atoms with Gasteiger partial charge in [-0.15, -0.1) is 0 Å². The van der Waals surface area contributed by atoms with Crippen molar-refractivity contribution in [1.82, 2.24) is 5.32 Å². The van der Waals surface area contributed by atoms with E-state index in [0.29, 0.717) is 6.42 Å². The normalized spacial score (nSPS) is 25.4. The Morgan fingerprint density at radius 3 is 2.70 bits per heavy atom. The first-order valence-corrected chi connectivity index (χ1v) is 7.17. The minimum Gasteiger partial charge on any atom is -0.487 e. The van der Waals surface area contributed by atoms with Crippen LogP contribution in [-0.2, 0) is 10.3 Å². The first kappa shape index (κ1) is 14.9. The molecule has 1 amide bonds. The minimum absolute atomic E-state index is 0.199. The predicted octanol–water partition coefficient (Wildman–Crippen LogP) is 2.32. The molecule has 0 aliphatic carbocycles. The number of primary amides is 1. The molecule has 2 atom stereocenters. The lowest BCUT2D eigenvalue weighted by Crippen LogP contribution is -2.61. The Morgan fingerprint density at radius 1 is 1.45 bits per heavy atom. The summed E-state index contributed by atoms with van der Waals surface area (Å²) in [6, 6.07) is 7.84. The Hall–Kier alpha value is -1.55. The molecule has 0 saturated heterocycles. The molecule has 3 N–H and O–H groups in total. The lowest BCUT2D eigenvalue weighted by molar-refractivity contribution is -0.129. The van der Waals surface area contributed by atoms with E-state index in [2.05, 4.69) is 19.2 Å². The second-order valence-electron chi connectivity index (χ2n) is 6.26. The van der Waals surface area contributed by atoms with Crippen molar-refractivity contribution >= 4 is 5.91 Å². The van der Waals surface area contributed by atoms with Crippen LogP contribution < -0.4 is 15.8 Å². The van der Waals surface area contributed by atoms with Crippen molar-refractivity contribution in [3.05, 3.63) is 29.8 Å². The zero-order valence-electron chi connectivity index (χ0n) is 12.7. The van der Waals surface area contributed by atoms with Gasteiger partial charge in [-0.1, -0.05) is 25.1 Å². The number of amides is 1. The summed E-state index contributed by atoms with van der Waals surface area (Å²) in [7, 11) is 0. The van der Waals surface area contributed by atoms with Crippen LogP contribution in [0.15, 0.2) is 24.3 Å². The fourth-order valence-corrected chi connectivity index (χ4v) is 2.92.